The van der Waals surface area contributed by atoms with Gasteiger partial charge in [0.25, 0.3) is 5.91 Å². The van der Waals surface area contributed by atoms with E-state index in [1.165, 1.54) is 0 Å². The highest BCUT2D eigenvalue weighted by molar-refractivity contribution is 6.16. The topological polar surface area (TPSA) is 78.9 Å². The number of aliphatic carboxylic acids is 1. The molecule has 0 N–H and O–H groups in total. The number of rotatable bonds is 7. The maximum Gasteiger partial charge on any atom is 0.262 e. The molecule has 0 bridgehead atoms. The Bertz CT molecular complexity index is 1150. The molecule has 160 valence electrons. The Morgan fingerprint density at radius 1 is 1.06 bits per heavy atom. The Morgan fingerprint density at radius 3 is 2.29 bits per heavy atom. The van der Waals surface area contributed by atoms with Crippen molar-refractivity contribution in [3.63, 3.8) is 0 Å². The van der Waals surface area contributed by atoms with Crippen LogP contribution in [0, 0.1) is 0 Å². The van der Waals surface area contributed by atoms with Crippen LogP contribution in [0.5, 0.6) is 11.5 Å². The molecule has 4 rings (SSSR count). The van der Waals surface area contributed by atoms with E-state index < -0.39 is 5.97 Å². The van der Waals surface area contributed by atoms with Gasteiger partial charge in [-0.3, -0.25) is 4.79 Å². The van der Waals surface area contributed by atoms with Crippen molar-refractivity contribution in [3.05, 3.63) is 65.2 Å². The van der Waals surface area contributed by atoms with E-state index in [1.54, 1.807) is 29.2 Å². The molecule has 6 heteroatoms. The Labute approximate surface area is 181 Å². The first-order chi connectivity index (χ1) is 14.9. The number of anilines is 1. The maximum absolute atomic E-state index is 13.5. The summed E-state index contributed by atoms with van der Waals surface area (Å²) in [5.74, 6) is -0.0230. The number of fused-ring (bicyclic) bond motifs is 2. The summed E-state index contributed by atoms with van der Waals surface area (Å²) in [5, 5.41) is 12.6. The van der Waals surface area contributed by atoms with Gasteiger partial charge in [0, 0.05) is 34.4 Å². The molecule has 0 aliphatic carbocycles. The van der Waals surface area contributed by atoms with Crippen LogP contribution in [0.15, 0.2) is 48.5 Å². The van der Waals surface area contributed by atoms with Gasteiger partial charge in [0.05, 0.1) is 24.8 Å². The second-order valence-electron chi connectivity index (χ2n) is 7.76. The number of carbonyl (C=O) groups is 2. The Kier molecular flexibility index (Phi) is 5.55. The van der Waals surface area contributed by atoms with E-state index in [4.69, 9.17) is 9.47 Å². The van der Waals surface area contributed by atoms with Crippen molar-refractivity contribution >= 4 is 28.3 Å². The normalized spacial score (nSPS) is 13.0. The molecule has 31 heavy (non-hydrogen) atoms. The second kappa shape index (κ2) is 8.30. The third kappa shape index (κ3) is 3.81. The molecule has 0 aromatic heterocycles. The van der Waals surface area contributed by atoms with Crippen molar-refractivity contribution in [1.82, 2.24) is 0 Å². The van der Waals surface area contributed by atoms with Gasteiger partial charge in [-0.1, -0.05) is 36.4 Å². The highest BCUT2D eigenvalue weighted by Crippen LogP contribution is 2.46. The van der Waals surface area contributed by atoms with Gasteiger partial charge in [0.1, 0.15) is 11.5 Å². The third-order valence-electron chi connectivity index (χ3n) is 5.23. The number of hydrogen-bond donors (Lipinski definition) is 0. The number of benzene rings is 3. The van der Waals surface area contributed by atoms with Crippen molar-refractivity contribution in [1.29, 1.82) is 0 Å². The van der Waals surface area contributed by atoms with Crippen LogP contribution in [0.2, 0.25) is 0 Å². The molecule has 3 aromatic rings. The largest absolute Gasteiger partial charge is 0.550 e. The first kappa shape index (κ1) is 20.7. The lowest BCUT2D eigenvalue weighted by Crippen LogP contribution is -2.25. The van der Waals surface area contributed by atoms with Gasteiger partial charge in [0.2, 0.25) is 0 Å². The Balaban J connectivity index is 1.84. The molecule has 0 atom stereocenters. The van der Waals surface area contributed by atoms with E-state index in [9.17, 15) is 14.7 Å². The standard InChI is InChI=1S/C25H25NO5/c1-4-30-24-19-8-6-5-7-18(19)23(31-15(2)3)20-14-26(25(29)22(20)24)17-11-9-16(10-12-17)13-21(27)28/h5-12,15H,4,13-14H2,1-3H3,(H,27,28)/p-1. The second-order valence-corrected chi connectivity index (χ2v) is 7.76. The molecule has 0 saturated carbocycles. The van der Waals surface area contributed by atoms with Gasteiger partial charge in [-0.2, -0.15) is 0 Å². The van der Waals surface area contributed by atoms with E-state index in [2.05, 4.69) is 0 Å². The molecule has 0 spiro atoms. The summed E-state index contributed by atoms with van der Waals surface area (Å²) < 4.78 is 12.2. The molecule has 6 nitrogen and oxygen atoms in total. The van der Waals surface area contributed by atoms with Crippen LogP contribution >= 0.6 is 0 Å². The van der Waals surface area contributed by atoms with E-state index in [0.29, 0.717) is 41.5 Å². The van der Waals surface area contributed by atoms with Crippen molar-refractivity contribution < 1.29 is 24.2 Å². The average molecular weight is 418 g/mol. The van der Waals surface area contributed by atoms with Crippen molar-refractivity contribution in [2.24, 2.45) is 0 Å². The summed E-state index contributed by atoms with van der Waals surface area (Å²) >= 11 is 0. The SMILES string of the molecule is CCOc1c2c(c(OC(C)C)c3ccccc13)CN(c1ccc(CC(=O)[O-])cc1)C2=O. The number of carboxylic acids is 1. The monoisotopic (exact) mass is 418 g/mol. The van der Waals surface area contributed by atoms with Gasteiger partial charge in [-0.25, -0.2) is 0 Å². The van der Waals surface area contributed by atoms with Crippen LogP contribution in [-0.2, 0) is 17.8 Å². The van der Waals surface area contributed by atoms with Crippen molar-refractivity contribution in [2.45, 2.75) is 39.8 Å². The fraction of sp³-hybridized carbons (Fsp3) is 0.280. The lowest BCUT2D eigenvalue weighted by molar-refractivity contribution is -0.304. The van der Waals surface area contributed by atoms with Crippen LogP contribution in [0.3, 0.4) is 0 Å². The maximum atomic E-state index is 13.5. The predicted octanol–water partition coefficient (Wildman–Crippen LogP) is 3.48. The lowest BCUT2D eigenvalue weighted by atomic mass is 9.99. The van der Waals surface area contributed by atoms with Crippen molar-refractivity contribution in [2.75, 3.05) is 11.5 Å². The summed E-state index contributed by atoms with van der Waals surface area (Å²) in [6.45, 7) is 6.60. The van der Waals surface area contributed by atoms with Gasteiger partial charge in [0.15, 0.2) is 0 Å². The fourth-order valence-corrected chi connectivity index (χ4v) is 4.00. The first-order valence-corrected chi connectivity index (χ1v) is 10.4. The molecule has 0 radical (unpaired) electrons. The highest BCUT2D eigenvalue weighted by Gasteiger charge is 2.36. The molecule has 0 fully saturated rings. The van der Waals surface area contributed by atoms with E-state index in [0.717, 1.165) is 16.3 Å². The van der Waals surface area contributed by atoms with E-state index in [1.807, 2.05) is 45.0 Å². The number of hydrogen-bond acceptors (Lipinski definition) is 5. The lowest BCUT2D eigenvalue weighted by Gasteiger charge is -2.19. The quantitative estimate of drug-likeness (QED) is 0.587. The molecule has 0 unspecified atom stereocenters. The minimum Gasteiger partial charge on any atom is -0.550 e. The van der Waals surface area contributed by atoms with Crippen LogP contribution in [0.1, 0.15) is 42.3 Å². The Morgan fingerprint density at radius 2 is 1.71 bits per heavy atom. The minimum atomic E-state index is -1.14. The molecule has 1 amide bonds. The fourth-order valence-electron chi connectivity index (χ4n) is 4.00. The zero-order valence-corrected chi connectivity index (χ0v) is 17.8. The summed E-state index contributed by atoms with van der Waals surface area (Å²) in [4.78, 5) is 26.0. The molecule has 0 saturated heterocycles. The summed E-state index contributed by atoms with van der Waals surface area (Å²) in [7, 11) is 0. The third-order valence-corrected chi connectivity index (χ3v) is 5.23. The number of carbonyl (C=O) groups excluding carboxylic acids is 2. The molecular formula is C25H24NO5-. The summed E-state index contributed by atoms with van der Waals surface area (Å²) in [6.07, 6.45) is -0.223. The van der Waals surface area contributed by atoms with Gasteiger partial charge >= 0.3 is 0 Å². The van der Waals surface area contributed by atoms with E-state index >= 15 is 0 Å². The number of amides is 1. The summed E-state index contributed by atoms with van der Waals surface area (Å²) in [5.41, 5.74) is 2.64. The molecule has 1 heterocycles. The zero-order chi connectivity index (χ0) is 22.1. The van der Waals surface area contributed by atoms with E-state index in [-0.39, 0.29) is 18.4 Å². The predicted molar refractivity (Wildman–Crippen MR) is 117 cm³/mol. The van der Waals surface area contributed by atoms with Crippen LogP contribution in [0.25, 0.3) is 10.8 Å². The van der Waals surface area contributed by atoms with Crippen molar-refractivity contribution in [3.8, 4) is 11.5 Å². The minimum absolute atomic E-state index is 0.0569. The number of ether oxygens (including phenoxy) is 2. The molecule has 3 aromatic carbocycles. The zero-order valence-electron chi connectivity index (χ0n) is 17.8. The molecule has 1 aliphatic heterocycles. The number of carboxylic acid groups (broad SMARTS) is 1. The Hall–Kier alpha value is -3.54. The van der Waals surface area contributed by atoms with Crippen LogP contribution in [0.4, 0.5) is 5.69 Å². The van der Waals surface area contributed by atoms with Crippen LogP contribution in [-0.4, -0.2) is 24.6 Å². The van der Waals surface area contributed by atoms with Crippen LogP contribution < -0.4 is 19.5 Å². The number of nitrogens with zero attached hydrogens (tertiary/aromatic N) is 1. The van der Waals surface area contributed by atoms with Gasteiger partial charge < -0.3 is 24.3 Å². The van der Waals surface area contributed by atoms with Gasteiger partial charge in [-0.05, 0) is 38.5 Å². The molecule has 1 aliphatic rings. The average Bonchev–Trinajstić information content (AvgIpc) is 3.07. The smallest absolute Gasteiger partial charge is 0.262 e. The molecular weight excluding hydrogens is 394 g/mol. The van der Waals surface area contributed by atoms with Gasteiger partial charge in [-0.15, -0.1) is 0 Å². The highest BCUT2D eigenvalue weighted by atomic mass is 16.5. The first-order valence-electron chi connectivity index (χ1n) is 10.4. The summed E-state index contributed by atoms with van der Waals surface area (Å²) in [6, 6.07) is 14.7.